The number of hydrogen-bond acceptors (Lipinski definition) is 4. The Kier molecular flexibility index (Phi) is 7.62. The molecule has 0 aliphatic rings. The predicted molar refractivity (Wildman–Crippen MR) is 74.7 cm³/mol. The first kappa shape index (κ1) is 15.5. The highest BCUT2D eigenvalue weighted by Crippen LogP contribution is 2.13. The lowest BCUT2D eigenvalue weighted by atomic mass is 10.2. The van der Waals surface area contributed by atoms with E-state index in [0.29, 0.717) is 31.1 Å². The standard InChI is InChI=1S/C14H22N2O3/c1-15-7-8-16-14(17)12-5-3-6-13(11-12)19-10-4-9-18-2/h3,5-6,11,15H,4,7-10H2,1-2H3,(H,16,17). The molecule has 0 fully saturated rings. The van der Waals surface area contributed by atoms with E-state index in [2.05, 4.69) is 10.6 Å². The first-order valence-corrected chi connectivity index (χ1v) is 6.42. The molecule has 0 heterocycles. The molecule has 1 amide bonds. The average molecular weight is 266 g/mol. The van der Waals surface area contributed by atoms with Crippen LogP contribution in [0.4, 0.5) is 0 Å². The maximum absolute atomic E-state index is 11.8. The summed E-state index contributed by atoms with van der Waals surface area (Å²) in [5.41, 5.74) is 0.611. The monoisotopic (exact) mass is 266 g/mol. The van der Waals surface area contributed by atoms with Crippen molar-refractivity contribution >= 4 is 5.91 Å². The summed E-state index contributed by atoms with van der Waals surface area (Å²) >= 11 is 0. The van der Waals surface area contributed by atoms with Crippen molar-refractivity contribution in [3.63, 3.8) is 0 Å². The van der Waals surface area contributed by atoms with Crippen molar-refractivity contribution < 1.29 is 14.3 Å². The van der Waals surface area contributed by atoms with E-state index in [1.165, 1.54) is 0 Å². The number of benzene rings is 1. The fourth-order valence-electron chi connectivity index (χ4n) is 1.52. The molecule has 0 saturated heterocycles. The first-order valence-electron chi connectivity index (χ1n) is 6.42. The van der Waals surface area contributed by atoms with Crippen molar-refractivity contribution in [2.24, 2.45) is 0 Å². The summed E-state index contributed by atoms with van der Waals surface area (Å²) in [5, 5.41) is 5.80. The highest BCUT2D eigenvalue weighted by Gasteiger charge is 2.05. The second kappa shape index (κ2) is 9.35. The van der Waals surface area contributed by atoms with E-state index in [0.717, 1.165) is 13.0 Å². The first-order chi connectivity index (χ1) is 9.27. The number of methoxy groups -OCH3 is 1. The minimum absolute atomic E-state index is 0.0856. The van der Waals surface area contributed by atoms with Crippen LogP contribution in [0.1, 0.15) is 16.8 Å². The molecule has 0 unspecified atom stereocenters. The van der Waals surface area contributed by atoms with E-state index in [1.807, 2.05) is 19.2 Å². The predicted octanol–water partition coefficient (Wildman–Crippen LogP) is 1.05. The molecule has 0 saturated carbocycles. The van der Waals surface area contributed by atoms with Gasteiger partial charge in [0.1, 0.15) is 5.75 Å². The van der Waals surface area contributed by atoms with Crippen LogP contribution < -0.4 is 15.4 Å². The molecule has 1 aromatic rings. The normalized spacial score (nSPS) is 10.2. The lowest BCUT2D eigenvalue weighted by molar-refractivity contribution is 0.0953. The molecule has 0 atom stereocenters. The van der Waals surface area contributed by atoms with E-state index >= 15 is 0 Å². The molecule has 2 N–H and O–H groups in total. The van der Waals surface area contributed by atoms with Crippen LogP contribution in [-0.2, 0) is 4.74 Å². The highest BCUT2D eigenvalue weighted by atomic mass is 16.5. The number of amides is 1. The molecular formula is C14H22N2O3. The van der Waals surface area contributed by atoms with Gasteiger partial charge in [-0.3, -0.25) is 4.79 Å². The van der Waals surface area contributed by atoms with E-state index in [9.17, 15) is 4.79 Å². The van der Waals surface area contributed by atoms with Crippen molar-refractivity contribution in [1.82, 2.24) is 10.6 Å². The van der Waals surface area contributed by atoms with Gasteiger partial charge in [-0.2, -0.15) is 0 Å². The smallest absolute Gasteiger partial charge is 0.251 e. The van der Waals surface area contributed by atoms with Gasteiger partial charge in [0, 0.05) is 38.8 Å². The van der Waals surface area contributed by atoms with Crippen molar-refractivity contribution in [1.29, 1.82) is 0 Å². The van der Waals surface area contributed by atoms with Gasteiger partial charge in [0.05, 0.1) is 6.61 Å². The van der Waals surface area contributed by atoms with E-state index < -0.39 is 0 Å². The van der Waals surface area contributed by atoms with Gasteiger partial charge in [0.25, 0.3) is 5.91 Å². The van der Waals surface area contributed by atoms with E-state index in [4.69, 9.17) is 9.47 Å². The Morgan fingerprint density at radius 3 is 2.84 bits per heavy atom. The number of ether oxygens (including phenoxy) is 2. The lowest BCUT2D eigenvalue weighted by Crippen LogP contribution is -2.30. The van der Waals surface area contributed by atoms with Crippen LogP contribution in [-0.4, -0.2) is 46.4 Å². The van der Waals surface area contributed by atoms with Crippen LogP contribution in [0.2, 0.25) is 0 Å². The number of hydrogen-bond donors (Lipinski definition) is 2. The summed E-state index contributed by atoms with van der Waals surface area (Å²) in [6, 6.07) is 7.19. The maximum Gasteiger partial charge on any atom is 0.251 e. The molecule has 106 valence electrons. The van der Waals surface area contributed by atoms with Crippen LogP contribution in [0.5, 0.6) is 5.75 Å². The van der Waals surface area contributed by atoms with Gasteiger partial charge in [0.2, 0.25) is 0 Å². The summed E-state index contributed by atoms with van der Waals surface area (Å²) in [4.78, 5) is 11.8. The number of carbonyl (C=O) groups is 1. The van der Waals surface area contributed by atoms with Gasteiger partial charge in [-0.15, -0.1) is 0 Å². The van der Waals surface area contributed by atoms with Gasteiger partial charge in [-0.25, -0.2) is 0 Å². The largest absolute Gasteiger partial charge is 0.493 e. The quantitative estimate of drug-likeness (QED) is 0.656. The van der Waals surface area contributed by atoms with Gasteiger partial charge in [-0.05, 0) is 25.2 Å². The Morgan fingerprint density at radius 2 is 2.11 bits per heavy atom. The van der Waals surface area contributed by atoms with Gasteiger partial charge < -0.3 is 20.1 Å². The van der Waals surface area contributed by atoms with Crippen LogP contribution in [0, 0.1) is 0 Å². The van der Waals surface area contributed by atoms with E-state index in [-0.39, 0.29) is 5.91 Å². The Morgan fingerprint density at radius 1 is 1.26 bits per heavy atom. The zero-order valence-corrected chi connectivity index (χ0v) is 11.6. The molecule has 0 aliphatic carbocycles. The minimum Gasteiger partial charge on any atom is -0.493 e. The Balaban J connectivity index is 2.44. The Hall–Kier alpha value is -1.59. The molecule has 1 aromatic carbocycles. The van der Waals surface area contributed by atoms with Gasteiger partial charge in [0.15, 0.2) is 0 Å². The maximum atomic E-state index is 11.8. The third kappa shape index (κ3) is 6.22. The van der Waals surface area contributed by atoms with E-state index in [1.54, 1.807) is 19.2 Å². The molecule has 1 rings (SSSR count). The fourth-order valence-corrected chi connectivity index (χ4v) is 1.52. The summed E-state index contributed by atoms with van der Waals surface area (Å²) in [6.45, 7) is 2.61. The number of likely N-dealkylation sites (N-methyl/N-ethyl adjacent to an activating group) is 1. The fraction of sp³-hybridized carbons (Fsp3) is 0.500. The number of carbonyl (C=O) groups excluding carboxylic acids is 1. The summed E-state index contributed by atoms with van der Waals surface area (Å²) < 4.78 is 10.5. The third-order valence-electron chi connectivity index (χ3n) is 2.52. The summed E-state index contributed by atoms with van der Waals surface area (Å²) in [5.74, 6) is 0.620. The van der Waals surface area contributed by atoms with Crippen LogP contribution in [0.3, 0.4) is 0 Å². The summed E-state index contributed by atoms with van der Waals surface area (Å²) in [6.07, 6.45) is 0.828. The molecule has 0 radical (unpaired) electrons. The second-order valence-electron chi connectivity index (χ2n) is 4.08. The number of nitrogens with one attached hydrogen (secondary N) is 2. The molecule has 0 spiro atoms. The molecule has 0 bridgehead atoms. The zero-order valence-electron chi connectivity index (χ0n) is 11.6. The van der Waals surface area contributed by atoms with Crippen molar-refractivity contribution in [3.05, 3.63) is 29.8 Å². The average Bonchev–Trinajstić information content (AvgIpc) is 2.44. The SMILES string of the molecule is CNCCNC(=O)c1cccc(OCCCOC)c1. The zero-order chi connectivity index (χ0) is 13.9. The number of rotatable bonds is 9. The van der Waals surface area contributed by atoms with Gasteiger partial charge >= 0.3 is 0 Å². The lowest BCUT2D eigenvalue weighted by Gasteiger charge is -2.08. The van der Waals surface area contributed by atoms with Crippen molar-refractivity contribution in [2.75, 3.05) is 40.5 Å². The third-order valence-corrected chi connectivity index (χ3v) is 2.52. The van der Waals surface area contributed by atoms with Crippen molar-refractivity contribution in [2.45, 2.75) is 6.42 Å². The second-order valence-corrected chi connectivity index (χ2v) is 4.08. The van der Waals surface area contributed by atoms with Crippen LogP contribution in [0.15, 0.2) is 24.3 Å². The Bertz CT molecular complexity index is 383. The molecule has 19 heavy (non-hydrogen) atoms. The Labute approximate surface area is 114 Å². The molecule has 0 aliphatic heterocycles. The summed E-state index contributed by atoms with van der Waals surface area (Å²) in [7, 11) is 3.51. The molecule has 0 aromatic heterocycles. The minimum atomic E-state index is -0.0856. The molecule has 5 heteroatoms. The topological polar surface area (TPSA) is 59.6 Å². The molecular weight excluding hydrogens is 244 g/mol. The van der Waals surface area contributed by atoms with Crippen molar-refractivity contribution in [3.8, 4) is 5.75 Å². The van der Waals surface area contributed by atoms with Crippen LogP contribution in [0.25, 0.3) is 0 Å². The highest BCUT2D eigenvalue weighted by molar-refractivity contribution is 5.94. The van der Waals surface area contributed by atoms with Crippen LogP contribution >= 0.6 is 0 Å². The van der Waals surface area contributed by atoms with Gasteiger partial charge in [-0.1, -0.05) is 6.07 Å². The molecule has 5 nitrogen and oxygen atoms in total.